The lowest BCUT2D eigenvalue weighted by Gasteiger charge is -2.30. The maximum absolute atomic E-state index is 2.50. The van der Waals surface area contributed by atoms with Gasteiger partial charge in [0, 0.05) is 73.4 Å². The van der Waals surface area contributed by atoms with Gasteiger partial charge in [-0.25, -0.2) is 0 Å². The largest absolute Gasteiger partial charge is 0.372 e. The molecule has 0 saturated carbocycles. The molecule has 0 bridgehead atoms. The van der Waals surface area contributed by atoms with Crippen LogP contribution in [-0.2, 0) is 0 Å². The van der Waals surface area contributed by atoms with Gasteiger partial charge in [-0.15, -0.1) is 0 Å². The molecule has 0 saturated heterocycles. The lowest BCUT2D eigenvalue weighted by Crippen LogP contribution is -2.25. The molecule has 0 atom stereocenters. The molecule has 0 spiro atoms. The van der Waals surface area contributed by atoms with Gasteiger partial charge in [0.25, 0.3) is 0 Å². The molecule has 0 aliphatic rings. The molecule has 40 heavy (non-hydrogen) atoms. The predicted molar refractivity (Wildman–Crippen MR) is 180 cm³/mol. The van der Waals surface area contributed by atoms with E-state index in [9.17, 15) is 0 Å². The Morgan fingerprint density at radius 1 is 0.300 bits per heavy atom. The van der Waals surface area contributed by atoms with Crippen molar-refractivity contribution in [2.45, 2.75) is 80.1 Å². The third kappa shape index (κ3) is 8.43. The quantitative estimate of drug-likeness (QED) is 0.158. The van der Waals surface area contributed by atoms with Crippen LogP contribution in [0.4, 0.5) is 34.1 Å². The van der Waals surface area contributed by atoms with Crippen LogP contribution < -0.4 is 19.6 Å². The molecule has 218 valence electrons. The lowest BCUT2D eigenvalue weighted by atomic mass is 10.1. The molecular weight excluding hydrogens is 488 g/mol. The Morgan fingerprint density at radius 2 is 0.475 bits per heavy atom. The van der Waals surface area contributed by atoms with E-state index in [0.717, 1.165) is 77.8 Å². The number of hydrogen-bond donors (Lipinski definition) is 0. The van der Waals surface area contributed by atoms with Gasteiger partial charge >= 0.3 is 0 Å². The fourth-order valence-electron chi connectivity index (χ4n) is 5.61. The molecular formula is C36H54N4. The Bertz CT molecular complexity index is 916. The maximum atomic E-state index is 2.50. The summed E-state index contributed by atoms with van der Waals surface area (Å²) in [4.78, 5) is 9.91. The average Bonchev–Trinajstić information content (AvgIpc) is 2.98. The van der Waals surface area contributed by atoms with Crippen LogP contribution >= 0.6 is 0 Å². The summed E-state index contributed by atoms with van der Waals surface area (Å²) < 4.78 is 0. The molecule has 0 heterocycles. The molecule has 4 nitrogen and oxygen atoms in total. The van der Waals surface area contributed by atoms with E-state index in [1.165, 1.54) is 34.1 Å². The van der Waals surface area contributed by atoms with Gasteiger partial charge < -0.3 is 19.6 Å². The van der Waals surface area contributed by atoms with Gasteiger partial charge in [-0.1, -0.05) is 41.5 Å². The number of rotatable bonds is 18. The predicted octanol–water partition coefficient (Wildman–Crippen LogP) is 10.0. The molecule has 3 aromatic rings. The van der Waals surface area contributed by atoms with Gasteiger partial charge in [-0.2, -0.15) is 0 Å². The second-order valence-electron chi connectivity index (χ2n) is 10.8. The number of hydrogen-bond acceptors (Lipinski definition) is 4. The Morgan fingerprint density at radius 3 is 0.650 bits per heavy atom. The highest BCUT2D eigenvalue weighted by Gasteiger charge is 2.15. The molecule has 0 amide bonds. The van der Waals surface area contributed by atoms with Crippen molar-refractivity contribution >= 4 is 34.1 Å². The third-order valence-electron chi connectivity index (χ3n) is 7.38. The first kappa shape index (κ1) is 31.4. The number of benzene rings is 3. The van der Waals surface area contributed by atoms with E-state index in [4.69, 9.17) is 0 Å². The molecule has 0 aliphatic heterocycles. The minimum absolute atomic E-state index is 1.10. The minimum Gasteiger partial charge on any atom is -0.372 e. The van der Waals surface area contributed by atoms with E-state index < -0.39 is 0 Å². The van der Waals surface area contributed by atoms with Crippen LogP contribution in [-0.4, -0.2) is 39.3 Å². The van der Waals surface area contributed by atoms with E-state index in [1.54, 1.807) is 0 Å². The molecule has 3 rings (SSSR count). The van der Waals surface area contributed by atoms with Crippen molar-refractivity contribution in [3.05, 3.63) is 72.8 Å². The lowest BCUT2D eigenvalue weighted by molar-refractivity contribution is 0.745. The van der Waals surface area contributed by atoms with Gasteiger partial charge in [0.1, 0.15) is 0 Å². The van der Waals surface area contributed by atoms with Crippen LogP contribution in [0.15, 0.2) is 72.8 Å². The second kappa shape index (κ2) is 16.8. The van der Waals surface area contributed by atoms with E-state index in [2.05, 4.69) is 134 Å². The molecule has 4 heteroatoms. The van der Waals surface area contributed by atoms with Crippen LogP contribution in [0.1, 0.15) is 80.1 Å². The van der Waals surface area contributed by atoms with E-state index in [0.29, 0.717) is 0 Å². The Hall–Kier alpha value is -3.14. The second-order valence-corrected chi connectivity index (χ2v) is 10.8. The summed E-state index contributed by atoms with van der Waals surface area (Å²) in [6, 6.07) is 27.5. The first-order valence-corrected chi connectivity index (χ1v) is 15.9. The highest BCUT2D eigenvalue weighted by Crippen LogP contribution is 2.37. The smallest absolute Gasteiger partial charge is 0.0463 e. The van der Waals surface area contributed by atoms with Crippen molar-refractivity contribution < 1.29 is 0 Å². The number of nitrogens with zero attached hydrogens (tertiary/aromatic N) is 4. The van der Waals surface area contributed by atoms with Crippen molar-refractivity contribution in [1.82, 2.24) is 0 Å². The summed E-state index contributed by atoms with van der Waals surface area (Å²) >= 11 is 0. The summed E-state index contributed by atoms with van der Waals surface area (Å²) in [6.45, 7) is 20.1. The van der Waals surface area contributed by atoms with Crippen LogP contribution in [0.3, 0.4) is 0 Å². The zero-order valence-corrected chi connectivity index (χ0v) is 26.2. The Kier molecular flexibility index (Phi) is 13.2. The van der Waals surface area contributed by atoms with Gasteiger partial charge in [-0.3, -0.25) is 0 Å². The summed E-state index contributed by atoms with van der Waals surface area (Å²) in [5.41, 5.74) is 7.49. The molecule has 0 fully saturated rings. The van der Waals surface area contributed by atoms with Crippen molar-refractivity contribution in [3.8, 4) is 0 Å². The normalized spacial score (nSPS) is 10.9. The minimum atomic E-state index is 1.10. The third-order valence-corrected chi connectivity index (χ3v) is 7.38. The topological polar surface area (TPSA) is 13.0 Å². The van der Waals surface area contributed by atoms with Gasteiger partial charge in [0.15, 0.2) is 0 Å². The molecule has 0 aliphatic carbocycles. The summed E-state index contributed by atoms with van der Waals surface area (Å²) in [7, 11) is 0. The van der Waals surface area contributed by atoms with Crippen molar-refractivity contribution in [2.75, 3.05) is 58.9 Å². The molecule has 3 aromatic carbocycles. The van der Waals surface area contributed by atoms with Crippen molar-refractivity contribution in [1.29, 1.82) is 0 Å². The van der Waals surface area contributed by atoms with Crippen LogP contribution in [0, 0.1) is 0 Å². The van der Waals surface area contributed by atoms with Crippen molar-refractivity contribution in [3.63, 3.8) is 0 Å². The van der Waals surface area contributed by atoms with Crippen molar-refractivity contribution in [2.24, 2.45) is 0 Å². The van der Waals surface area contributed by atoms with Crippen LogP contribution in [0.25, 0.3) is 0 Å². The zero-order valence-electron chi connectivity index (χ0n) is 26.2. The van der Waals surface area contributed by atoms with Gasteiger partial charge in [-0.05, 0) is 111 Å². The zero-order chi connectivity index (χ0) is 28.7. The summed E-state index contributed by atoms with van der Waals surface area (Å²) in [5.74, 6) is 0. The molecule has 0 radical (unpaired) electrons. The Balaban J connectivity index is 2.00. The fraction of sp³-hybridized carbons (Fsp3) is 0.500. The molecule has 0 aromatic heterocycles. The van der Waals surface area contributed by atoms with E-state index in [1.807, 2.05) is 0 Å². The SMILES string of the molecule is CCCN(CCC)c1ccc(N(c2ccc(N(CCC)CCC)cc2)c2ccc(N(CCC)CCC)cc2)cc1. The first-order chi connectivity index (χ1) is 19.6. The average molecular weight is 543 g/mol. The van der Waals surface area contributed by atoms with Crippen LogP contribution in [0.5, 0.6) is 0 Å². The van der Waals surface area contributed by atoms with Crippen LogP contribution in [0.2, 0.25) is 0 Å². The highest BCUT2D eigenvalue weighted by atomic mass is 15.2. The van der Waals surface area contributed by atoms with Gasteiger partial charge in [0.05, 0.1) is 0 Å². The highest BCUT2D eigenvalue weighted by molar-refractivity contribution is 5.79. The fourth-order valence-corrected chi connectivity index (χ4v) is 5.61. The monoisotopic (exact) mass is 542 g/mol. The summed E-state index contributed by atoms with van der Waals surface area (Å²) in [6.07, 6.45) is 6.96. The first-order valence-electron chi connectivity index (χ1n) is 15.9. The Labute approximate surface area is 245 Å². The molecule has 0 N–H and O–H groups in total. The standard InChI is InChI=1S/C36H54N4/c1-7-25-37(26-8-2)31-13-19-34(20-14-31)40(35-21-15-32(16-22-35)38(27-9-3)28-10-4)36-23-17-33(18-24-36)39(29-11-5)30-12-6/h13-24H,7-12,25-30H2,1-6H3. The van der Waals surface area contributed by atoms with E-state index >= 15 is 0 Å². The number of anilines is 6. The van der Waals surface area contributed by atoms with Gasteiger partial charge in [0.2, 0.25) is 0 Å². The van der Waals surface area contributed by atoms with E-state index in [-0.39, 0.29) is 0 Å². The maximum Gasteiger partial charge on any atom is 0.0463 e. The molecule has 0 unspecified atom stereocenters. The summed E-state index contributed by atoms with van der Waals surface area (Å²) in [5, 5.41) is 0.